The summed E-state index contributed by atoms with van der Waals surface area (Å²) in [5.74, 6) is -4.39. The molecule has 1 fully saturated rings. The number of nitrogens with zero attached hydrogens (tertiary/aromatic N) is 3. The van der Waals surface area contributed by atoms with Crippen LogP contribution in [-0.4, -0.2) is 46.8 Å². The lowest BCUT2D eigenvalue weighted by Gasteiger charge is -2.19. The highest BCUT2D eigenvalue weighted by atomic mass is 35.5. The van der Waals surface area contributed by atoms with Crippen molar-refractivity contribution in [3.8, 4) is 6.07 Å². The van der Waals surface area contributed by atoms with Gasteiger partial charge in [-0.25, -0.2) is 8.78 Å². The van der Waals surface area contributed by atoms with Gasteiger partial charge in [0.25, 0.3) is 11.8 Å². The number of amides is 2. The van der Waals surface area contributed by atoms with E-state index in [9.17, 15) is 18.4 Å². The molecule has 34 heavy (non-hydrogen) atoms. The van der Waals surface area contributed by atoms with E-state index in [2.05, 4.69) is 10.3 Å². The minimum atomic E-state index is -3.11. The van der Waals surface area contributed by atoms with Crippen LogP contribution in [0.5, 0.6) is 0 Å². The van der Waals surface area contributed by atoms with E-state index in [1.165, 1.54) is 12.3 Å². The number of halogens is 3. The van der Waals surface area contributed by atoms with E-state index in [1.807, 2.05) is 30.4 Å². The molecule has 0 spiro atoms. The number of alkyl halides is 2. The number of pyridine rings is 1. The summed E-state index contributed by atoms with van der Waals surface area (Å²) in [5.41, 5.74) is 2.67. The van der Waals surface area contributed by atoms with Gasteiger partial charge in [0.1, 0.15) is 6.04 Å². The number of nitriles is 1. The maximum atomic E-state index is 13.6. The lowest BCUT2D eigenvalue weighted by Crippen LogP contribution is -2.43. The normalized spacial score (nSPS) is 17.1. The zero-order valence-electron chi connectivity index (χ0n) is 17.8. The van der Waals surface area contributed by atoms with Gasteiger partial charge in [0, 0.05) is 23.0 Å². The Labute approximate surface area is 199 Å². The first-order valence-electron chi connectivity index (χ1n) is 10.4. The highest BCUT2D eigenvalue weighted by Crippen LogP contribution is 2.31. The number of fused-ring (bicyclic) bond motifs is 1. The van der Waals surface area contributed by atoms with Gasteiger partial charge in [0.15, 0.2) is 0 Å². The van der Waals surface area contributed by atoms with Crippen molar-refractivity contribution in [3.63, 3.8) is 0 Å². The van der Waals surface area contributed by atoms with Crippen molar-refractivity contribution in [2.45, 2.75) is 18.4 Å². The van der Waals surface area contributed by atoms with Crippen LogP contribution in [0.1, 0.15) is 27.9 Å². The van der Waals surface area contributed by atoms with Crippen molar-refractivity contribution in [1.29, 1.82) is 5.26 Å². The van der Waals surface area contributed by atoms with E-state index in [-0.39, 0.29) is 0 Å². The number of carbonyl (C=O) groups is 2. The van der Waals surface area contributed by atoms with Crippen LogP contribution in [0, 0.1) is 11.3 Å². The van der Waals surface area contributed by atoms with Crippen LogP contribution in [0.25, 0.3) is 23.1 Å². The molecule has 2 amide bonds. The summed E-state index contributed by atoms with van der Waals surface area (Å²) in [7, 11) is 0. The smallest absolute Gasteiger partial charge is 0.268 e. The fourth-order valence-electron chi connectivity index (χ4n) is 3.78. The van der Waals surface area contributed by atoms with Gasteiger partial charge >= 0.3 is 0 Å². The van der Waals surface area contributed by atoms with E-state index in [1.54, 1.807) is 30.3 Å². The van der Waals surface area contributed by atoms with Gasteiger partial charge in [-0.15, -0.1) is 0 Å². The van der Waals surface area contributed by atoms with Crippen LogP contribution in [0.3, 0.4) is 0 Å². The third kappa shape index (κ3) is 5.21. The van der Waals surface area contributed by atoms with E-state index < -0.39 is 43.3 Å². The molecular weight excluding hydrogens is 462 g/mol. The fraction of sp³-hybridized carbons (Fsp3) is 0.200. The molecule has 0 saturated carbocycles. The molecule has 4 rings (SSSR count). The molecular formula is C25H19ClF2N4O2. The molecule has 1 atom stereocenters. The molecule has 6 nitrogen and oxygen atoms in total. The second kappa shape index (κ2) is 9.57. The highest BCUT2D eigenvalue weighted by molar-refractivity contribution is 6.30. The quantitative estimate of drug-likeness (QED) is 0.543. The molecule has 172 valence electrons. The van der Waals surface area contributed by atoms with Crippen LogP contribution < -0.4 is 5.32 Å². The van der Waals surface area contributed by atoms with E-state index in [4.69, 9.17) is 16.9 Å². The maximum absolute atomic E-state index is 13.6. The van der Waals surface area contributed by atoms with Gasteiger partial charge in [-0.3, -0.25) is 14.6 Å². The number of likely N-dealkylation sites (tertiary alicyclic amines) is 1. The molecule has 0 bridgehead atoms. The molecule has 1 aromatic heterocycles. The van der Waals surface area contributed by atoms with Gasteiger partial charge in [-0.05, 0) is 41.5 Å². The zero-order chi connectivity index (χ0) is 24.3. The van der Waals surface area contributed by atoms with Gasteiger partial charge in [0.2, 0.25) is 5.91 Å². The van der Waals surface area contributed by atoms with Gasteiger partial charge in [-0.1, -0.05) is 42.0 Å². The minimum Gasteiger partial charge on any atom is -0.343 e. The number of rotatable bonds is 5. The molecule has 0 radical (unpaired) electrons. The van der Waals surface area contributed by atoms with Crippen LogP contribution in [0.15, 0.2) is 54.7 Å². The number of nitrogens with one attached hydrogen (secondary N) is 1. The predicted molar refractivity (Wildman–Crippen MR) is 125 cm³/mol. The standard InChI is InChI=1S/C25H19ClF2N4O2/c26-18-6-3-16(4-7-18)1-2-17-5-8-22-21(11-17)20(9-10-30-22)24(34)31-14-23(33)32-15-25(27,28)12-19(32)13-29/h1-11,19H,12,14-15H2,(H,31,34)/b2-1+/t19-/m0/s1. The van der Waals surface area contributed by atoms with Crippen molar-refractivity contribution in [2.24, 2.45) is 0 Å². The first kappa shape index (κ1) is 23.3. The van der Waals surface area contributed by atoms with E-state index >= 15 is 0 Å². The lowest BCUT2D eigenvalue weighted by molar-refractivity contribution is -0.131. The Kier molecular flexibility index (Phi) is 6.57. The molecule has 1 saturated heterocycles. The Hall–Kier alpha value is -3.83. The third-order valence-electron chi connectivity index (χ3n) is 5.49. The molecule has 2 heterocycles. The lowest BCUT2D eigenvalue weighted by atomic mass is 10.0. The highest BCUT2D eigenvalue weighted by Gasteiger charge is 2.47. The molecule has 1 aliphatic rings. The van der Waals surface area contributed by atoms with Crippen molar-refractivity contribution in [1.82, 2.24) is 15.2 Å². The third-order valence-corrected chi connectivity index (χ3v) is 5.74. The molecule has 0 unspecified atom stereocenters. The van der Waals surface area contributed by atoms with Crippen LogP contribution in [0.4, 0.5) is 8.78 Å². The van der Waals surface area contributed by atoms with Crippen LogP contribution >= 0.6 is 11.6 Å². The summed E-state index contributed by atoms with van der Waals surface area (Å²) < 4.78 is 27.2. The summed E-state index contributed by atoms with van der Waals surface area (Å²) in [4.78, 5) is 30.3. The van der Waals surface area contributed by atoms with Gasteiger partial charge in [-0.2, -0.15) is 5.26 Å². The summed E-state index contributed by atoms with van der Waals surface area (Å²) in [6, 6.07) is 14.8. The first-order chi connectivity index (χ1) is 16.3. The average molecular weight is 481 g/mol. The van der Waals surface area contributed by atoms with Crippen LogP contribution in [0.2, 0.25) is 5.02 Å². The zero-order valence-corrected chi connectivity index (χ0v) is 18.6. The van der Waals surface area contributed by atoms with Crippen molar-refractivity contribution >= 4 is 46.5 Å². The molecule has 1 N–H and O–H groups in total. The summed E-state index contributed by atoms with van der Waals surface area (Å²) in [6.45, 7) is -1.32. The Morgan fingerprint density at radius 2 is 1.88 bits per heavy atom. The van der Waals surface area contributed by atoms with E-state index in [0.717, 1.165) is 16.0 Å². The molecule has 9 heteroatoms. The number of aromatic nitrogens is 1. The minimum absolute atomic E-state index is 0.295. The average Bonchev–Trinajstić information content (AvgIpc) is 3.16. The molecule has 0 aliphatic carbocycles. The Bertz CT molecular complexity index is 1320. The number of carbonyl (C=O) groups excluding carboxylic acids is 2. The fourth-order valence-corrected chi connectivity index (χ4v) is 3.90. The molecule has 3 aromatic rings. The predicted octanol–water partition coefficient (Wildman–Crippen LogP) is 4.55. The topological polar surface area (TPSA) is 86.1 Å². The Morgan fingerprint density at radius 1 is 1.18 bits per heavy atom. The monoisotopic (exact) mass is 480 g/mol. The number of benzene rings is 2. The van der Waals surface area contributed by atoms with Crippen molar-refractivity contribution in [3.05, 3.63) is 76.4 Å². The van der Waals surface area contributed by atoms with Gasteiger partial charge < -0.3 is 10.2 Å². The van der Waals surface area contributed by atoms with E-state index in [0.29, 0.717) is 21.5 Å². The van der Waals surface area contributed by atoms with Crippen LogP contribution in [-0.2, 0) is 4.79 Å². The summed E-state index contributed by atoms with van der Waals surface area (Å²) in [6.07, 6.45) is 4.57. The largest absolute Gasteiger partial charge is 0.343 e. The van der Waals surface area contributed by atoms with Gasteiger partial charge in [0.05, 0.1) is 30.2 Å². The van der Waals surface area contributed by atoms with Crippen molar-refractivity contribution < 1.29 is 18.4 Å². The maximum Gasteiger partial charge on any atom is 0.268 e. The Morgan fingerprint density at radius 3 is 2.62 bits per heavy atom. The summed E-state index contributed by atoms with van der Waals surface area (Å²) in [5, 5.41) is 12.8. The number of hydrogen-bond acceptors (Lipinski definition) is 4. The second-order valence-corrected chi connectivity index (χ2v) is 8.37. The van der Waals surface area contributed by atoms with Crippen molar-refractivity contribution in [2.75, 3.05) is 13.1 Å². The Balaban J connectivity index is 1.50. The summed E-state index contributed by atoms with van der Waals surface area (Å²) >= 11 is 5.91. The SMILES string of the molecule is N#C[C@@H]1CC(F)(F)CN1C(=O)CNC(=O)c1ccnc2ccc(/C=C/c3ccc(Cl)cc3)cc12. The molecule has 1 aliphatic heterocycles. The molecule has 2 aromatic carbocycles. The number of hydrogen-bond donors (Lipinski definition) is 1. The second-order valence-electron chi connectivity index (χ2n) is 7.93. The first-order valence-corrected chi connectivity index (χ1v) is 10.8.